The van der Waals surface area contributed by atoms with Crippen LogP contribution in [0, 0.1) is 46.3 Å². The van der Waals surface area contributed by atoms with Crippen molar-refractivity contribution in [3.8, 4) is 0 Å². The fraction of sp³-hybridized carbons (Fsp3) is 0.958. The van der Waals surface area contributed by atoms with Gasteiger partial charge in [-0.2, -0.15) is 0 Å². The van der Waals surface area contributed by atoms with E-state index in [1.165, 1.54) is 25.7 Å². The number of carbonyl (C=O) groups is 1. The van der Waals surface area contributed by atoms with Crippen LogP contribution in [0.2, 0.25) is 0 Å². The summed E-state index contributed by atoms with van der Waals surface area (Å²) < 4.78 is 0. The molecule has 28 heavy (non-hydrogen) atoms. The van der Waals surface area contributed by atoms with E-state index in [1.54, 1.807) is 0 Å². The Hall–Kier alpha value is -0.610. The second-order valence-electron chi connectivity index (χ2n) is 11.4. The minimum absolute atomic E-state index is 0.179. The Bertz CT molecular complexity index is 605. The van der Waals surface area contributed by atoms with Crippen LogP contribution in [0.25, 0.3) is 0 Å². The Morgan fingerprint density at radius 3 is 2.39 bits per heavy atom. The van der Waals surface area contributed by atoms with Crippen molar-refractivity contribution in [1.29, 1.82) is 0 Å². The van der Waals surface area contributed by atoms with Gasteiger partial charge in [-0.3, -0.25) is 4.79 Å². The molecule has 4 nitrogen and oxygen atoms in total. The maximum atomic E-state index is 11.2. The molecule has 160 valence electrons. The maximum absolute atomic E-state index is 11.2. The van der Waals surface area contributed by atoms with Crippen LogP contribution in [0.1, 0.15) is 85.0 Å². The summed E-state index contributed by atoms with van der Waals surface area (Å²) in [7, 11) is 0. The zero-order chi connectivity index (χ0) is 20.3. The lowest BCUT2D eigenvalue weighted by Crippen LogP contribution is -2.58. The number of rotatable bonds is 4. The quantitative estimate of drug-likeness (QED) is 0.659. The lowest BCUT2D eigenvalue weighted by molar-refractivity contribution is -0.174. The number of carboxylic acid groups (broad SMARTS) is 1. The summed E-state index contributed by atoms with van der Waals surface area (Å²) in [5.41, 5.74) is 0.523. The molecule has 4 aliphatic carbocycles. The topological polar surface area (TPSA) is 77.8 Å². The number of aliphatic carboxylic acids is 1. The first-order valence-corrected chi connectivity index (χ1v) is 11.7. The van der Waals surface area contributed by atoms with E-state index in [0.717, 1.165) is 32.1 Å². The molecule has 0 aromatic rings. The molecule has 0 aromatic heterocycles. The van der Waals surface area contributed by atoms with Gasteiger partial charge in [0.15, 0.2) is 0 Å². The third-order valence-electron chi connectivity index (χ3n) is 10.2. The Kier molecular flexibility index (Phi) is 5.36. The molecule has 4 rings (SSSR count). The van der Waals surface area contributed by atoms with Gasteiger partial charge in [0.25, 0.3) is 0 Å². The van der Waals surface area contributed by atoms with Crippen LogP contribution < -0.4 is 0 Å². The van der Waals surface area contributed by atoms with Crippen molar-refractivity contribution in [3.05, 3.63) is 0 Å². The van der Waals surface area contributed by atoms with Crippen molar-refractivity contribution < 1.29 is 20.1 Å². The van der Waals surface area contributed by atoms with E-state index in [-0.39, 0.29) is 29.5 Å². The van der Waals surface area contributed by atoms with E-state index in [2.05, 4.69) is 20.8 Å². The van der Waals surface area contributed by atoms with Gasteiger partial charge in [-0.25, -0.2) is 0 Å². The molecule has 0 spiro atoms. The van der Waals surface area contributed by atoms with E-state index in [1.807, 2.05) is 0 Å². The standard InChI is InChI=1S/C24H40O4/c1-14(4-7-21(27)28)17-5-6-18-22-19(9-11-24(17,18)3)23(2)10-8-16(25)12-15(23)13-20(22)26/h14-20,22,25-26H,4-13H2,1-3H3,(H,27,28)/t14?,15-,16?,17+,18?,19?,20?,22?,23-,24+/m0/s1. The van der Waals surface area contributed by atoms with Crippen molar-refractivity contribution in [1.82, 2.24) is 0 Å². The average molecular weight is 393 g/mol. The molecule has 0 radical (unpaired) electrons. The van der Waals surface area contributed by atoms with Crippen molar-refractivity contribution in [2.45, 2.75) is 97.2 Å². The zero-order valence-electron chi connectivity index (χ0n) is 17.9. The second kappa shape index (κ2) is 7.27. The predicted molar refractivity (Wildman–Crippen MR) is 109 cm³/mol. The zero-order valence-corrected chi connectivity index (χ0v) is 17.9. The van der Waals surface area contributed by atoms with Gasteiger partial charge < -0.3 is 15.3 Å². The van der Waals surface area contributed by atoms with Crippen molar-refractivity contribution in [2.75, 3.05) is 0 Å². The fourth-order valence-electron chi connectivity index (χ4n) is 8.73. The highest BCUT2D eigenvalue weighted by atomic mass is 16.4. The summed E-state index contributed by atoms with van der Waals surface area (Å²) in [6, 6.07) is 0. The van der Waals surface area contributed by atoms with E-state index in [4.69, 9.17) is 5.11 Å². The molecule has 0 aliphatic heterocycles. The molecule has 6 unspecified atom stereocenters. The van der Waals surface area contributed by atoms with Crippen LogP contribution in [0.5, 0.6) is 0 Å². The first-order valence-electron chi connectivity index (χ1n) is 11.7. The maximum Gasteiger partial charge on any atom is 0.303 e. The lowest BCUT2D eigenvalue weighted by atomic mass is 9.43. The van der Waals surface area contributed by atoms with Crippen molar-refractivity contribution >= 4 is 5.97 Å². The highest BCUT2D eigenvalue weighted by molar-refractivity contribution is 5.66. The van der Waals surface area contributed by atoms with E-state index >= 15 is 0 Å². The van der Waals surface area contributed by atoms with Crippen LogP contribution in [0.3, 0.4) is 0 Å². The van der Waals surface area contributed by atoms with Crippen LogP contribution >= 0.6 is 0 Å². The third-order valence-corrected chi connectivity index (χ3v) is 10.2. The number of fused-ring (bicyclic) bond motifs is 5. The van der Waals surface area contributed by atoms with Gasteiger partial charge >= 0.3 is 5.97 Å². The van der Waals surface area contributed by atoms with Gasteiger partial charge in [0.1, 0.15) is 0 Å². The fourth-order valence-corrected chi connectivity index (χ4v) is 8.73. The highest BCUT2D eigenvalue weighted by Crippen LogP contribution is 2.68. The van der Waals surface area contributed by atoms with Crippen molar-refractivity contribution in [3.63, 3.8) is 0 Å². The molecule has 4 saturated carbocycles. The van der Waals surface area contributed by atoms with Gasteiger partial charge in [-0.1, -0.05) is 20.8 Å². The van der Waals surface area contributed by atoms with Gasteiger partial charge in [0.2, 0.25) is 0 Å². The minimum Gasteiger partial charge on any atom is -0.481 e. The van der Waals surface area contributed by atoms with Crippen LogP contribution in [0.4, 0.5) is 0 Å². The summed E-state index contributed by atoms with van der Waals surface area (Å²) in [5.74, 6) is 2.36. The van der Waals surface area contributed by atoms with Gasteiger partial charge in [0, 0.05) is 6.42 Å². The minimum atomic E-state index is -0.684. The molecule has 10 atom stereocenters. The summed E-state index contributed by atoms with van der Waals surface area (Å²) in [5, 5.41) is 30.5. The second-order valence-corrected chi connectivity index (χ2v) is 11.4. The summed E-state index contributed by atoms with van der Waals surface area (Å²) in [6.45, 7) is 7.16. The first-order chi connectivity index (χ1) is 13.2. The highest BCUT2D eigenvalue weighted by Gasteiger charge is 2.62. The third kappa shape index (κ3) is 3.14. The Morgan fingerprint density at radius 2 is 1.68 bits per heavy atom. The molecule has 0 aromatic carbocycles. The molecule has 4 aliphatic rings. The van der Waals surface area contributed by atoms with E-state index < -0.39 is 5.97 Å². The smallest absolute Gasteiger partial charge is 0.303 e. The molecule has 0 bridgehead atoms. The van der Waals surface area contributed by atoms with Gasteiger partial charge in [-0.15, -0.1) is 0 Å². The Morgan fingerprint density at radius 1 is 1.00 bits per heavy atom. The average Bonchev–Trinajstić information content (AvgIpc) is 2.98. The number of aliphatic hydroxyl groups is 2. The number of carboxylic acids is 1. The van der Waals surface area contributed by atoms with E-state index in [0.29, 0.717) is 35.5 Å². The largest absolute Gasteiger partial charge is 0.481 e. The van der Waals surface area contributed by atoms with Gasteiger partial charge in [0.05, 0.1) is 12.2 Å². The van der Waals surface area contributed by atoms with E-state index in [9.17, 15) is 15.0 Å². The monoisotopic (exact) mass is 392 g/mol. The van der Waals surface area contributed by atoms with Gasteiger partial charge in [-0.05, 0) is 104 Å². The molecular weight excluding hydrogens is 352 g/mol. The molecule has 3 N–H and O–H groups in total. The molecule has 0 saturated heterocycles. The number of hydrogen-bond acceptors (Lipinski definition) is 3. The Labute approximate surface area is 170 Å². The van der Waals surface area contributed by atoms with Crippen molar-refractivity contribution in [2.24, 2.45) is 46.3 Å². The number of aliphatic hydroxyl groups excluding tert-OH is 2. The molecule has 0 heterocycles. The number of hydrogen-bond donors (Lipinski definition) is 3. The Balaban J connectivity index is 1.55. The molecule has 0 amide bonds. The summed E-state index contributed by atoms with van der Waals surface area (Å²) in [4.78, 5) is 11.1. The molecule has 4 fully saturated rings. The first kappa shape index (κ1) is 20.7. The summed E-state index contributed by atoms with van der Waals surface area (Å²) >= 11 is 0. The molecular formula is C24H40O4. The lowest BCUT2D eigenvalue weighted by Gasteiger charge is -2.62. The SMILES string of the molecule is CC(CCC(=O)O)[C@H]1CCC2C3C(O)C[C@@H]4CC(O)CC[C@]4(C)C3CC[C@@]21C. The summed E-state index contributed by atoms with van der Waals surface area (Å²) in [6.07, 6.45) is 9.19. The van der Waals surface area contributed by atoms with Crippen LogP contribution in [0.15, 0.2) is 0 Å². The van der Waals surface area contributed by atoms with Crippen LogP contribution in [-0.2, 0) is 4.79 Å². The normalized spacial score (nSPS) is 51.7. The molecule has 4 heteroatoms. The predicted octanol–water partition coefficient (Wildman–Crippen LogP) is 4.48. The van der Waals surface area contributed by atoms with Crippen LogP contribution in [-0.4, -0.2) is 33.5 Å².